The number of piperidine rings is 1. The molecule has 12 heteroatoms. The first kappa shape index (κ1) is 21.7. The number of ether oxygens (including phenoxy) is 2. The summed E-state index contributed by atoms with van der Waals surface area (Å²) in [6.45, 7) is 4.29. The highest BCUT2D eigenvalue weighted by atomic mass is 16.5. The first-order chi connectivity index (χ1) is 17.2. The number of nitrogens with one attached hydrogen (secondary N) is 3. The first-order valence-corrected chi connectivity index (χ1v) is 11.9. The Labute approximate surface area is 202 Å². The minimum Gasteiger partial charge on any atom is -0.378 e. The summed E-state index contributed by atoms with van der Waals surface area (Å²) in [6, 6.07) is 9.04. The molecule has 0 saturated carbocycles. The van der Waals surface area contributed by atoms with Gasteiger partial charge in [0.2, 0.25) is 11.9 Å². The highest BCUT2D eigenvalue weighted by Crippen LogP contribution is 2.31. The lowest BCUT2D eigenvalue weighted by atomic mass is 9.97. The summed E-state index contributed by atoms with van der Waals surface area (Å²) in [5.41, 5.74) is 1.50. The Morgan fingerprint density at radius 3 is 2.51 bits per heavy atom. The Kier molecular flexibility index (Phi) is 5.88. The third kappa shape index (κ3) is 4.75. The molecular formula is C23H27N9O3. The van der Waals surface area contributed by atoms with Crippen LogP contribution in [0.25, 0.3) is 11.4 Å². The van der Waals surface area contributed by atoms with Crippen molar-refractivity contribution in [3.8, 4) is 11.4 Å². The van der Waals surface area contributed by atoms with Crippen molar-refractivity contribution in [2.75, 3.05) is 59.9 Å². The quantitative estimate of drug-likeness (QED) is 0.505. The fourth-order valence-electron chi connectivity index (χ4n) is 4.62. The number of benzene rings is 1. The molecule has 182 valence electrons. The number of rotatable bonds is 5. The van der Waals surface area contributed by atoms with E-state index in [1.165, 1.54) is 0 Å². The largest absolute Gasteiger partial charge is 0.378 e. The number of aromatic nitrogens is 5. The van der Waals surface area contributed by atoms with Crippen LogP contribution in [-0.2, 0) is 9.47 Å². The molecule has 2 atom stereocenters. The molecule has 7 rings (SSSR count). The second kappa shape index (κ2) is 9.47. The van der Waals surface area contributed by atoms with E-state index in [2.05, 4.69) is 30.6 Å². The van der Waals surface area contributed by atoms with Gasteiger partial charge in [-0.2, -0.15) is 20.1 Å². The lowest BCUT2D eigenvalue weighted by molar-refractivity contribution is -0.0232. The topological polar surface area (TPSA) is 133 Å². The van der Waals surface area contributed by atoms with Crippen molar-refractivity contribution in [3.63, 3.8) is 0 Å². The van der Waals surface area contributed by atoms with E-state index in [-0.39, 0.29) is 18.2 Å². The molecule has 0 aliphatic carbocycles. The SMILES string of the molecule is O=C(Nc1ccc(-c2nc(N3CCOCC3)nc(N3CC4CCC3CO4)n2)cc1)Nc1cc[nH]n1. The van der Waals surface area contributed by atoms with Gasteiger partial charge in [0.1, 0.15) is 0 Å². The predicted molar refractivity (Wildman–Crippen MR) is 130 cm³/mol. The summed E-state index contributed by atoms with van der Waals surface area (Å²) < 4.78 is 11.4. The highest BCUT2D eigenvalue weighted by Gasteiger charge is 2.36. The Hall–Kier alpha value is -3.77. The van der Waals surface area contributed by atoms with E-state index in [9.17, 15) is 4.79 Å². The van der Waals surface area contributed by atoms with E-state index in [1.807, 2.05) is 24.3 Å². The summed E-state index contributed by atoms with van der Waals surface area (Å²) in [6.07, 6.45) is 4.03. The summed E-state index contributed by atoms with van der Waals surface area (Å²) in [7, 11) is 0. The van der Waals surface area contributed by atoms with Gasteiger partial charge in [-0.05, 0) is 37.1 Å². The number of nitrogens with zero attached hydrogens (tertiary/aromatic N) is 6. The van der Waals surface area contributed by atoms with Crippen LogP contribution in [0.1, 0.15) is 12.8 Å². The Morgan fingerprint density at radius 2 is 1.83 bits per heavy atom. The maximum atomic E-state index is 12.2. The van der Waals surface area contributed by atoms with Crippen LogP contribution in [0.4, 0.5) is 28.2 Å². The molecule has 3 aromatic rings. The molecular weight excluding hydrogens is 450 g/mol. The molecule has 4 aliphatic heterocycles. The number of anilines is 4. The van der Waals surface area contributed by atoms with Gasteiger partial charge in [0.15, 0.2) is 11.6 Å². The normalized spacial score (nSPS) is 21.7. The number of fused-ring (bicyclic) bond motifs is 3. The van der Waals surface area contributed by atoms with Gasteiger partial charge in [0, 0.05) is 43.1 Å². The van der Waals surface area contributed by atoms with E-state index in [1.54, 1.807) is 12.3 Å². The van der Waals surface area contributed by atoms with E-state index in [0.29, 0.717) is 49.0 Å². The van der Waals surface area contributed by atoms with Gasteiger partial charge >= 0.3 is 6.03 Å². The van der Waals surface area contributed by atoms with E-state index in [0.717, 1.165) is 38.0 Å². The lowest BCUT2D eigenvalue weighted by Gasteiger charge is -2.45. The maximum Gasteiger partial charge on any atom is 0.324 e. The molecule has 3 N–H and O–H groups in total. The molecule has 0 spiro atoms. The van der Waals surface area contributed by atoms with E-state index in [4.69, 9.17) is 24.4 Å². The minimum absolute atomic E-state index is 0.227. The molecule has 1 aromatic carbocycles. The Bertz CT molecular complexity index is 1160. The predicted octanol–water partition coefficient (Wildman–Crippen LogP) is 2.11. The third-order valence-corrected chi connectivity index (χ3v) is 6.49. The summed E-state index contributed by atoms with van der Waals surface area (Å²) >= 11 is 0. The maximum absolute atomic E-state index is 12.2. The second-order valence-corrected chi connectivity index (χ2v) is 8.81. The van der Waals surface area contributed by atoms with Crippen molar-refractivity contribution in [1.29, 1.82) is 0 Å². The summed E-state index contributed by atoms with van der Waals surface area (Å²) in [4.78, 5) is 31.1. The van der Waals surface area contributed by atoms with Crippen LogP contribution >= 0.6 is 0 Å². The van der Waals surface area contributed by atoms with Crippen molar-refractivity contribution >= 4 is 29.4 Å². The number of aromatic amines is 1. The zero-order chi connectivity index (χ0) is 23.6. The average molecular weight is 478 g/mol. The Morgan fingerprint density at radius 1 is 1.00 bits per heavy atom. The summed E-state index contributed by atoms with van der Waals surface area (Å²) in [5.74, 6) is 2.40. The van der Waals surface area contributed by atoms with Crippen LogP contribution in [0.2, 0.25) is 0 Å². The number of carbonyl (C=O) groups excluding carboxylic acids is 1. The lowest BCUT2D eigenvalue weighted by Crippen LogP contribution is -2.55. The van der Waals surface area contributed by atoms with Gasteiger partial charge in [-0.1, -0.05) is 0 Å². The molecule has 6 heterocycles. The molecule has 2 unspecified atom stereocenters. The highest BCUT2D eigenvalue weighted by molar-refractivity contribution is 5.99. The average Bonchev–Trinajstić information content (AvgIpc) is 3.43. The van der Waals surface area contributed by atoms with Crippen molar-refractivity contribution in [1.82, 2.24) is 25.1 Å². The zero-order valence-electron chi connectivity index (χ0n) is 19.2. The van der Waals surface area contributed by atoms with Crippen molar-refractivity contribution in [2.45, 2.75) is 25.0 Å². The van der Waals surface area contributed by atoms with Crippen LogP contribution in [0.15, 0.2) is 36.5 Å². The van der Waals surface area contributed by atoms with E-state index < -0.39 is 0 Å². The van der Waals surface area contributed by atoms with Gasteiger partial charge in [-0.3, -0.25) is 10.4 Å². The number of urea groups is 1. The molecule has 4 fully saturated rings. The molecule has 0 radical (unpaired) electrons. The van der Waals surface area contributed by atoms with Gasteiger partial charge in [-0.25, -0.2) is 4.79 Å². The number of hydrogen-bond acceptors (Lipinski definition) is 9. The number of amides is 2. The number of H-pyrrole nitrogens is 1. The summed E-state index contributed by atoms with van der Waals surface area (Å²) in [5, 5.41) is 12.0. The molecule has 2 amide bonds. The smallest absolute Gasteiger partial charge is 0.324 e. The van der Waals surface area contributed by atoms with Crippen LogP contribution in [0.3, 0.4) is 0 Å². The Balaban J connectivity index is 1.25. The van der Waals surface area contributed by atoms with Crippen LogP contribution in [-0.4, -0.2) is 82.8 Å². The number of carbonyl (C=O) groups is 1. The fraction of sp³-hybridized carbons (Fsp3) is 0.435. The molecule has 2 bridgehead atoms. The van der Waals surface area contributed by atoms with Crippen molar-refractivity contribution < 1.29 is 14.3 Å². The molecule has 12 nitrogen and oxygen atoms in total. The van der Waals surface area contributed by atoms with Crippen molar-refractivity contribution in [3.05, 3.63) is 36.5 Å². The minimum atomic E-state index is -0.371. The zero-order valence-corrected chi connectivity index (χ0v) is 19.2. The number of hydrogen-bond donors (Lipinski definition) is 3. The van der Waals surface area contributed by atoms with Gasteiger partial charge < -0.3 is 24.6 Å². The second-order valence-electron chi connectivity index (χ2n) is 8.81. The van der Waals surface area contributed by atoms with Crippen molar-refractivity contribution in [2.24, 2.45) is 0 Å². The van der Waals surface area contributed by atoms with Crippen LogP contribution in [0.5, 0.6) is 0 Å². The fourth-order valence-corrected chi connectivity index (χ4v) is 4.62. The van der Waals surface area contributed by atoms with Gasteiger partial charge in [-0.15, -0.1) is 0 Å². The molecule has 4 aliphatic rings. The standard InChI is InChI=1S/C23H27N9O3/c33-23(26-19-7-8-24-30-19)25-16-3-1-15(2-4-16)20-27-21(31-9-11-34-12-10-31)29-22(28-20)32-13-18-6-5-17(32)14-35-18/h1-4,7-8,17-18H,5-6,9-14H2,(H3,24,25,26,30,33). The van der Waals surface area contributed by atoms with Gasteiger partial charge in [0.25, 0.3) is 0 Å². The third-order valence-electron chi connectivity index (χ3n) is 6.49. The van der Waals surface area contributed by atoms with Crippen LogP contribution < -0.4 is 20.4 Å². The monoisotopic (exact) mass is 477 g/mol. The molecule has 2 aromatic heterocycles. The van der Waals surface area contributed by atoms with Gasteiger partial charge in [0.05, 0.1) is 32.0 Å². The molecule has 4 saturated heterocycles. The molecule has 35 heavy (non-hydrogen) atoms. The van der Waals surface area contributed by atoms with E-state index >= 15 is 0 Å². The van der Waals surface area contributed by atoms with Crippen LogP contribution in [0, 0.1) is 0 Å². The first-order valence-electron chi connectivity index (χ1n) is 11.9. The number of morpholine rings is 2.